The second-order valence-corrected chi connectivity index (χ2v) is 7.94. The smallest absolute Gasteiger partial charge is 0.337 e. The van der Waals surface area contributed by atoms with Gasteiger partial charge in [-0.2, -0.15) is 0 Å². The van der Waals surface area contributed by atoms with E-state index in [1.165, 1.54) is 16.0 Å². The van der Waals surface area contributed by atoms with E-state index < -0.39 is 5.97 Å². The zero-order valence-electron chi connectivity index (χ0n) is 16.1. The third kappa shape index (κ3) is 4.49. The zero-order valence-corrected chi connectivity index (χ0v) is 16.9. The van der Waals surface area contributed by atoms with Crippen LogP contribution in [-0.4, -0.2) is 22.2 Å². The van der Waals surface area contributed by atoms with Gasteiger partial charge in [0.2, 0.25) is 0 Å². The number of benzene rings is 1. The fourth-order valence-corrected chi connectivity index (χ4v) is 4.27. The molecule has 4 nitrogen and oxygen atoms in total. The van der Waals surface area contributed by atoms with Gasteiger partial charge in [0.15, 0.2) is 0 Å². The molecular weight excluding hydrogens is 356 g/mol. The molecule has 0 saturated carbocycles. The number of aromatic nitrogens is 1. The van der Waals surface area contributed by atoms with E-state index in [2.05, 4.69) is 52.5 Å². The third-order valence-electron chi connectivity index (χ3n) is 4.98. The largest absolute Gasteiger partial charge is 0.478 e. The van der Waals surface area contributed by atoms with Gasteiger partial charge in [-0.3, -0.25) is 0 Å². The fraction of sp³-hybridized carbons (Fsp3) is 0.318. The SMILES string of the molecule is Cc1cccc(Cn2c(C)c(CNCCc3cccs3)c(C(=O)O)c2C)c1. The van der Waals surface area contributed by atoms with Crippen LogP contribution < -0.4 is 5.32 Å². The summed E-state index contributed by atoms with van der Waals surface area (Å²) in [6.45, 7) is 8.09. The van der Waals surface area contributed by atoms with Crippen LogP contribution in [0.5, 0.6) is 0 Å². The molecule has 0 fully saturated rings. The van der Waals surface area contributed by atoms with Crippen LogP contribution in [0.3, 0.4) is 0 Å². The molecule has 1 aromatic carbocycles. The number of aryl methyl sites for hydroxylation is 1. The van der Waals surface area contributed by atoms with Gasteiger partial charge in [0.1, 0.15) is 0 Å². The van der Waals surface area contributed by atoms with Crippen molar-refractivity contribution >= 4 is 17.3 Å². The Balaban J connectivity index is 1.79. The average Bonchev–Trinajstić information content (AvgIpc) is 3.21. The van der Waals surface area contributed by atoms with Crippen molar-refractivity contribution in [3.05, 3.63) is 80.3 Å². The first-order valence-electron chi connectivity index (χ1n) is 9.18. The molecule has 2 N–H and O–H groups in total. The summed E-state index contributed by atoms with van der Waals surface area (Å²) in [4.78, 5) is 13.2. The number of hydrogen-bond acceptors (Lipinski definition) is 3. The molecule has 0 aliphatic carbocycles. The van der Waals surface area contributed by atoms with E-state index in [-0.39, 0.29) is 0 Å². The van der Waals surface area contributed by atoms with Gasteiger partial charge in [-0.1, -0.05) is 35.9 Å². The zero-order chi connectivity index (χ0) is 19.4. The maximum absolute atomic E-state index is 11.9. The number of rotatable bonds is 8. The average molecular weight is 383 g/mol. The standard InChI is InChI=1S/C22H26N2O2S/c1-15-6-4-7-18(12-15)14-24-16(2)20(21(17(24)3)22(25)26)13-23-10-9-19-8-5-11-27-19/h4-8,11-12,23H,9-10,13-14H2,1-3H3,(H,25,26). The number of aromatic carboxylic acids is 1. The Labute approximate surface area is 164 Å². The summed E-state index contributed by atoms with van der Waals surface area (Å²) < 4.78 is 2.12. The normalized spacial score (nSPS) is 11.1. The molecule has 142 valence electrons. The van der Waals surface area contributed by atoms with E-state index in [1.807, 2.05) is 19.9 Å². The quantitative estimate of drug-likeness (QED) is 0.562. The second-order valence-electron chi connectivity index (χ2n) is 6.91. The van der Waals surface area contributed by atoms with Crippen molar-refractivity contribution in [1.29, 1.82) is 0 Å². The number of nitrogens with one attached hydrogen (secondary N) is 1. The lowest BCUT2D eigenvalue weighted by Crippen LogP contribution is -2.18. The number of carboxylic acids is 1. The van der Waals surface area contributed by atoms with Gasteiger partial charge < -0.3 is 15.0 Å². The Kier molecular flexibility index (Phi) is 6.14. The molecule has 2 heterocycles. The molecule has 27 heavy (non-hydrogen) atoms. The Morgan fingerprint density at radius 2 is 1.96 bits per heavy atom. The van der Waals surface area contributed by atoms with E-state index >= 15 is 0 Å². The molecule has 0 atom stereocenters. The highest BCUT2D eigenvalue weighted by Crippen LogP contribution is 2.24. The van der Waals surface area contributed by atoms with Crippen molar-refractivity contribution in [2.75, 3.05) is 6.54 Å². The molecule has 0 amide bonds. The summed E-state index contributed by atoms with van der Waals surface area (Å²) in [7, 11) is 0. The highest BCUT2D eigenvalue weighted by atomic mass is 32.1. The number of thiophene rings is 1. The Bertz CT molecular complexity index is 926. The molecule has 0 unspecified atom stereocenters. The molecule has 0 spiro atoms. The first kappa shape index (κ1) is 19.4. The van der Waals surface area contributed by atoms with Crippen molar-refractivity contribution in [3.63, 3.8) is 0 Å². The van der Waals surface area contributed by atoms with Crippen LogP contribution >= 0.6 is 11.3 Å². The van der Waals surface area contributed by atoms with Crippen LogP contribution in [0.25, 0.3) is 0 Å². The highest BCUT2D eigenvalue weighted by molar-refractivity contribution is 7.09. The second kappa shape index (κ2) is 8.55. The van der Waals surface area contributed by atoms with Crippen LogP contribution in [0.1, 0.15) is 43.3 Å². The van der Waals surface area contributed by atoms with Crippen molar-refractivity contribution in [2.45, 2.75) is 40.3 Å². The lowest BCUT2D eigenvalue weighted by molar-refractivity contribution is 0.0694. The van der Waals surface area contributed by atoms with E-state index in [0.29, 0.717) is 18.7 Å². The van der Waals surface area contributed by atoms with Crippen LogP contribution in [0.15, 0.2) is 41.8 Å². The molecular formula is C22H26N2O2S. The predicted octanol–water partition coefficient (Wildman–Crippen LogP) is 4.55. The van der Waals surface area contributed by atoms with E-state index in [4.69, 9.17) is 0 Å². The van der Waals surface area contributed by atoms with Crippen LogP contribution in [0, 0.1) is 20.8 Å². The first-order valence-corrected chi connectivity index (χ1v) is 10.1. The third-order valence-corrected chi connectivity index (χ3v) is 5.91. The summed E-state index contributed by atoms with van der Waals surface area (Å²) in [5.41, 5.74) is 5.56. The molecule has 0 saturated heterocycles. The molecule has 2 aromatic heterocycles. The number of carboxylic acid groups (broad SMARTS) is 1. The molecule has 0 radical (unpaired) electrons. The minimum Gasteiger partial charge on any atom is -0.478 e. The van der Waals surface area contributed by atoms with Gasteiger partial charge in [0.25, 0.3) is 0 Å². The minimum atomic E-state index is -0.853. The lowest BCUT2D eigenvalue weighted by atomic mass is 10.1. The summed E-state index contributed by atoms with van der Waals surface area (Å²) in [5, 5.41) is 15.3. The summed E-state index contributed by atoms with van der Waals surface area (Å²) >= 11 is 1.75. The Morgan fingerprint density at radius 3 is 2.63 bits per heavy atom. The molecule has 0 aliphatic rings. The first-order chi connectivity index (χ1) is 13.0. The van der Waals surface area contributed by atoms with Gasteiger partial charge in [-0.25, -0.2) is 4.79 Å². The maximum atomic E-state index is 11.9. The predicted molar refractivity (Wildman–Crippen MR) is 111 cm³/mol. The minimum absolute atomic E-state index is 0.434. The molecule has 5 heteroatoms. The monoisotopic (exact) mass is 382 g/mol. The van der Waals surface area contributed by atoms with Gasteiger partial charge in [-0.15, -0.1) is 11.3 Å². The maximum Gasteiger partial charge on any atom is 0.337 e. The Morgan fingerprint density at radius 1 is 1.15 bits per heavy atom. The van der Waals surface area contributed by atoms with Gasteiger partial charge in [0.05, 0.1) is 5.56 Å². The van der Waals surface area contributed by atoms with E-state index in [1.54, 1.807) is 11.3 Å². The molecule has 0 aliphatic heterocycles. The van der Waals surface area contributed by atoms with Crippen molar-refractivity contribution in [1.82, 2.24) is 9.88 Å². The van der Waals surface area contributed by atoms with Crippen molar-refractivity contribution in [3.8, 4) is 0 Å². The Hall–Kier alpha value is -2.37. The van der Waals surface area contributed by atoms with Gasteiger partial charge >= 0.3 is 5.97 Å². The van der Waals surface area contributed by atoms with E-state index in [9.17, 15) is 9.90 Å². The lowest BCUT2D eigenvalue weighted by Gasteiger charge is -2.11. The summed E-state index contributed by atoms with van der Waals surface area (Å²) in [6.07, 6.45) is 0.960. The van der Waals surface area contributed by atoms with Crippen LogP contribution in [0.2, 0.25) is 0 Å². The molecule has 0 bridgehead atoms. The highest BCUT2D eigenvalue weighted by Gasteiger charge is 2.22. The summed E-state index contributed by atoms with van der Waals surface area (Å²) in [5.74, 6) is -0.853. The van der Waals surface area contributed by atoms with Gasteiger partial charge in [0, 0.05) is 41.5 Å². The summed E-state index contributed by atoms with van der Waals surface area (Å²) in [6, 6.07) is 12.5. The number of carbonyl (C=O) groups is 1. The number of nitrogens with zero attached hydrogens (tertiary/aromatic N) is 1. The van der Waals surface area contributed by atoms with Crippen molar-refractivity contribution in [2.24, 2.45) is 0 Å². The topological polar surface area (TPSA) is 54.3 Å². The van der Waals surface area contributed by atoms with Crippen LogP contribution in [-0.2, 0) is 19.5 Å². The van der Waals surface area contributed by atoms with Gasteiger partial charge in [-0.05, 0) is 44.2 Å². The molecule has 3 aromatic rings. The molecule has 3 rings (SSSR count). The number of hydrogen-bond donors (Lipinski definition) is 2. The van der Waals surface area contributed by atoms with E-state index in [0.717, 1.165) is 29.9 Å². The van der Waals surface area contributed by atoms with Crippen LogP contribution in [0.4, 0.5) is 0 Å². The fourth-order valence-electron chi connectivity index (χ4n) is 3.56. The van der Waals surface area contributed by atoms with Crippen molar-refractivity contribution < 1.29 is 9.90 Å².